The summed E-state index contributed by atoms with van der Waals surface area (Å²) >= 11 is 0. The molecule has 1 aliphatic heterocycles. The molecule has 1 aliphatic rings. The Morgan fingerprint density at radius 2 is 1.77 bits per heavy atom. The Balaban J connectivity index is 1.37. The average molecular weight is 432 g/mol. The average Bonchev–Trinajstić information content (AvgIpc) is 3.10. The van der Waals surface area contributed by atoms with Crippen LogP contribution in [0.4, 0.5) is 19.0 Å². The van der Waals surface area contributed by atoms with Gasteiger partial charge in [-0.05, 0) is 35.2 Å². The zero-order chi connectivity index (χ0) is 22.0. The number of halogens is 3. The third-order valence-electron chi connectivity index (χ3n) is 5.20. The quantitative estimate of drug-likeness (QED) is 0.606. The van der Waals surface area contributed by atoms with Gasteiger partial charge in [0.25, 0.3) is 6.01 Å². The van der Waals surface area contributed by atoms with Gasteiger partial charge in [-0.15, -0.1) is 13.2 Å². The number of benzene rings is 2. The van der Waals surface area contributed by atoms with Gasteiger partial charge in [0, 0.05) is 13.1 Å². The van der Waals surface area contributed by atoms with Crippen molar-refractivity contribution in [3.8, 4) is 22.9 Å². The van der Waals surface area contributed by atoms with E-state index in [2.05, 4.69) is 22.0 Å². The summed E-state index contributed by atoms with van der Waals surface area (Å²) in [7, 11) is 0. The number of imidazole rings is 1. The molecule has 0 bridgehead atoms. The molecule has 0 amide bonds. The Bertz CT molecular complexity index is 1020. The van der Waals surface area contributed by atoms with E-state index in [4.69, 9.17) is 10.5 Å². The second-order valence-corrected chi connectivity index (χ2v) is 7.42. The van der Waals surface area contributed by atoms with E-state index in [0.717, 1.165) is 29.7 Å². The summed E-state index contributed by atoms with van der Waals surface area (Å²) in [4.78, 5) is 4.19. The van der Waals surface area contributed by atoms with Gasteiger partial charge < -0.3 is 20.5 Å². The Hall–Kier alpha value is -3.20. The van der Waals surface area contributed by atoms with E-state index in [9.17, 15) is 13.2 Å². The number of rotatable bonds is 6. The first-order valence-corrected chi connectivity index (χ1v) is 9.98. The van der Waals surface area contributed by atoms with Crippen LogP contribution < -0.4 is 20.5 Å². The summed E-state index contributed by atoms with van der Waals surface area (Å²) in [5.74, 6) is 0.208. The number of hydrogen-bond acceptors (Lipinski definition) is 5. The van der Waals surface area contributed by atoms with E-state index in [0.29, 0.717) is 18.4 Å². The van der Waals surface area contributed by atoms with Crippen molar-refractivity contribution in [3.05, 3.63) is 60.3 Å². The maximum Gasteiger partial charge on any atom is 0.573 e. The van der Waals surface area contributed by atoms with E-state index < -0.39 is 6.36 Å². The maximum absolute atomic E-state index is 12.3. The first-order valence-electron chi connectivity index (χ1n) is 9.98. The van der Waals surface area contributed by atoms with Crippen LogP contribution in [0.3, 0.4) is 0 Å². The number of aromatic nitrogens is 2. The monoisotopic (exact) mass is 432 g/mol. The van der Waals surface area contributed by atoms with Gasteiger partial charge in [-0.25, -0.2) is 0 Å². The normalized spacial score (nSPS) is 18.3. The van der Waals surface area contributed by atoms with E-state index in [1.165, 1.54) is 12.1 Å². The summed E-state index contributed by atoms with van der Waals surface area (Å²) in [6.45, 7) is 3.45. The molecule has 3 N–H and O–H groups in total. The van der Waals surface area contributed by atoms with Gasteiger partial charge in [-0.1, -0.05) is 43.3 Å². The minimum Gasteiger partial charge on any atom is -0.460 e. The molecular weight excluding hydrogens is 409 g/mol. The lowest BCUT2D eigenvalue weighted by Crippen LogP contribution is -2.48. The van der Waals surface area contributed by atoms with Crippen LogP contribution in [-0.4, -0.2) is 28.1 Å². The number of ether oxygens (including phenoxy) is 2. The highest BCUT2D eigenvalue weighted by Gasteiger charge is 2.31. The fourth-order valence-electron chi connectivity index (χ4n) is 3.67. The van der Waals surface area contributed by atoms with Gasteiger partial charge >= 0.3 is 6.36 Å². The van der Waals surface area contributed by atoms with Crippen LogP contribution >= 0.6 is 0 Å². The van der Waals surface area contributed by atoms with Crippen molar-refractivity contribution in [1.29, 1.82) is 0 Å². The molecule has 1 aromatic heterocycles. The SMILES string of the molecule is CC[C@@H]1Oc2nc(N)cn2C[C@@H]1NCc1ccc(-c2ccc(OC(F)(F)F)cc2)cc1. The molecule has 2 atom stereocenters. The van der Waals surface area contributed by atoms with Gasteiger partial charge in [-0.2, -0.15) is 4.98 Å². The van der Waals surface area contributed by atoms with Crippen LogP contribution in [0.15, 0.2) is 54.7 Å². The van der Waals surface area contributed by atoms with Crippen molar-refractivity contribution in [3.63, 3.8) is 0 Å². The van der Waals surface area contributed by atoms with Gasteiger partial charge in [-0.3, -0.25) is 4.57 Å². The van der Waals surface area contributed by atoms with Gasteiger partial charge in [0.15, 0.2) is 0 Å². The lowest BCUT2D eigenvalue weighted by atomic mass is 10.0. The molecule has 4 rings (SSSR count). The minimum absolute atomic E-state index is 0.00556. The molecule has 2 aromatic carbocycles. The molecule has 0 fully saturated rings. The molecule has 3 aromatic rings. The van der Waals surface area contributed by atoms with Crippen molar-refractivity contribution in [2.75, 3.05) is 5.73 Å². The van der Waals surface area contributed by atoms with Gasteiger partial charge in [0.2, 0.25) is 0 Å². The molecule has 0 saturated carbocycles. The number of fused-ring (bicyclic) bond motifs is 1. The number of anilines is 1. The molecule has 164 valence electrons. The van der Waals surface area contributed by atoms with Crippen LogP contribution in [0.1, 0.15) is 18.9 Å². The zero-order valence-electron chi connectivity index (χ0n) is 16.9. The number of hydrogen-bond donors (Lipinski definition) is 2. The molecule has 0 radical (unpaired) electrons. The van der Waals surface area contributed by atoms with E-state index >= 15 is 0 Å². The molecule has 0 saturated heterocycles. The van der Waals surface area contributed by atoms with E-state index in [1.54, 1.807) is 18.3 Å². The predicted molar refractivity (Wildman–Crippen MR) is 111 cm³/mol. The van der Waals surface area contributed by atoms with Crippen molar-refractivity contribution in [2.45, 2.75) is 44.9 Å². The predicted octanol–water partition coefficient (Wildman–Crippen LogP) is 4.36. The third kappa shape index (κ3) is 5.11. The Labute approximate surface area is 177 Å². The fraction of sp³-hybridized carbons (Fsp3) is 0.318. The highest BCUT2D eigenvalue weighted by atomic mass is 19.4. The fourth-order valence-corrected chi connectivity index (χ4v) is 3.67. The Kier molecular flexibility index (Phi) is 5.77. The zero-order valence-corrected chi connectivity index (χ0v) is 16.9. The minimum atomic E-state index is -4.69. The smallest absolute Gasteiger partial charge is 0.460 e. The van der Waals surface area contributed by atoms with E-state index in [1.807, 2.05) is 28.8 Å². The first-order chi connectivity index (χ1) is 14.8. The molecular formula is C22H23F3N4O2. The molecule has 2 heterocycles. The van der Waals surface area contributed by atoms with Crippen LogP contribution in [0, 0.1) is 0 Å². The second kappa shape index (κ2) is 8.50. The van der Waals surface area contributed by atoms with Crippen LogP contribution in [-0.2, 0) is 13.1 Å². The first kappa shape index (κ1) is 21.0. The highest BCUT2D eigenvalue weighted by molar-refractivity contribution is 5.64. The molecule has 0 aliphatic carbocycles. The lowest BCUT2D eigenvalue weighted by molar-refractivity contribution is -0.274. The number of nitrogen functional groups attached to an aromatic ring is 1. The largest absolute Gasteiger partial charge is 0.573 e. The van der Waals surface area contributed by atoms with Crippen LogP contribution in [0.5, 0.6) is 11.8 Å². The molecule has 31 heavy (non-hydrogen) atoms. The topological polar surface area (TPSA) is 74.3 Å². The van der Waals surface area contributed by atoms with Crippen molar-refractivity contribution in [2.24, 2.45) is 0 Å². The van der Waals surface area contributed by atoms with Crippen LogP contribution in [0.2, 0.25) is 0 Å². The summed E-state index contributed by atoms with van der Waals surface area (Å²) < 4.78 is 48.6. The van der Waals surface area contributed by atoms with Gasteiger partial charge in [0.05, 0.1) is 12.2 Å². The summed E-state index contributed by atoms with van der Waals surface area (Å²) in [6.07, 6.45) is -2.07. The molecule has 9 heteroatoms. The number of nitrogens with one attached hydrogen (secondary N) is 1. The Morgan fingerprint density at radius 1 is 1.13 bits per heavy atom. The lowest BCUT2D eigenvalue weighted by Gasteiger charge is -2.32. The molecule has 6 nitrogen and oxygen atoms in total. The summed E-state index contributed by atoms with van der Waals surface area (Å²) in [5.41, 5.74) is 8.57. The highest BCUT2D eigenvalue weighted by Crippen LogP contribution is 2.27. The Morgan fingerprint density at radius 3 is 2.39 bits per heavy atom. The summed E-state index contributed by atoms with van der Waals surface area (Å²) in [5, 5.41) is 3.54. The summed E-state index contributed by atoms with van der Waals surface area (Å²) in [6, 6.07) is 14.4. The number of nitrogens with zero attached hydrogens (tertiary/aromatic N) is 2. The second-order valence-electron chi connectivity index (χ2n) is 7.42. The standard InChI is InChI=1S/C22H23F3N4O2/c1-2-19-18(12-29-13-20(26)28-21(29)30-19)27-11-14-3-5-15(6-4-14)16-7-9-17(10-8-16)31-22(23,24)25/h3-10,13,18-19,27H,2,11-12,26H2,1H3/t18-,19-/m0/s1. The van der Waals surface area contributed by atoms with Crippen molar-refractivity contribution < 1.29 is 22.6 Å². The van der Waals surface area contributed by atoms with Crippen molar-refractivity contribution >= 4 is 5.82 Å². The molecule has 0 spiro atoms. The van der Waals surface area contributed by atoms with Gasteiger partial charge in [0.1, 0.15) is 17.7 Å². The molecule has 0 unspecified atom stereocenters. The maximum atomic E-state index is 12.3. The van der Waals surface area contributed by atoms with Crippen molar-refractivity contribution in [1.82, 2.24) is 14.9 Å². The van der Waals surface area contributed by atoms with Crippen LogP contribution in [0.25, 0.3) is 11.1 Å². The number of alkyl halides is 3. The van der Waals surface area contributed by atoms with E-state index in [-0.39, 0.29) is 17.9 Å². The number of nitrogens with two attached hydrogens (primary N) is 1. The third-order valence-corrected chi connectivity index (χ3v) is 5.20.